The Labute approximate surface area is 271 Å². The first-order valence-electron chi connectivity index (χ1n) is 16.1. The van der Waals surface area contributed by atoms with Crippen molar-refractivity contribution in [2.45, 2.75) is 77.7 Å². The largest absolute Gasteiger partial charge is 0.354 e. The Morgan fingerprint density at radius 1 is 0.804 bits per heavy atom. The number of aromatic nitrogens is 1. The van der Waals surface area contributed by atoms with Crippen LogP contribution in [0.25, 0.3) is 0 Å². The van der Waals surface area contributed by atoms with Crippen LogP contribution in [0.2, 0.25) is 0 Å². The van der Waals surface area contributed by atoms with Crippen LogP contribution >= 0.6 is 0 Å². The van der Waals surface area contributed by atoms with Crippen LogP contribution in [0.4, 0.5) is 0 Å². The maximum absolute atomic E-state index is 13.7. The predicted molar refractivity (Wildman–Crippen MR) is 177 cm³/mol. The molecule has 3 aromatic rings. The second kappa shape index (κ2) is 17.2. The SMILES string of the molecule is CC(C)C[C@@H]1NC(=O)[C@@H](Cc2ccccc2)NC(=O)c2ccc(cc2)CN(Cc2ccccn2)CCCCNC(=O)[C@@H](C)NC1=O. The third-order valence-electron chi connectivity index (χ3n) is 7.93. The zero-order valence-electron chi connectivity index (χ0n) is 27.0. The molecular formula is C36H46N6O4. The smallest absolute Gasteiger partial charge is 0.251 e. The summed E-state index contributed by atoms with van der Waals surface area (Å²) in [6.07, 6.45) is 4.00. The van der Waals surface area contributed by atoms with E-state index in [9.17, 15) is 19.2 Å². The summed E-state index contributed by atoms with van der Waals surface area (Å²) in [6.45, 7) is 8.13. The molecule has 2 bridgehead atoms. The molecule has 0 fully saturated rings. The van der Waals surface area contributed by atoms with Crippen molar-refractivity contribution >= 4 is 23.6 Å². The summed E-state index contributed by atoms with van der Waals surface area (Å²) in [6, 6.07) is 20.1. The Bertz CT molecular complexity index is 1430. The van der Waals surface area contributed by atoms with Gasteiger partial charge in [-0.15, -0.1) is 0 Å². The second-order valence-electron chi connectivity index (χ2n) is 12.4. The molecule has 0 saturated heterocycles. The highest BCUT2D eigenvalue weighted by molar-refractivity contribution is 5.98. The van der Waals surface area contributed by atoms with Gasteiger partial charge < -0.3 is 21.3 Å². The van der Waals surface area contributed by atoms with Crippen LogP contribution in [0.15, 0.2) is 79.0 Å². The Balaban J connectivity index is 1.59. The third kappa shape index (κ3) is 10.8. The summed E-state index contributed by atoms with van der Waals surface area (Å²) in [7, 11) is 0. The first-order chi connectivity index (χ1) is 22.2. The molecule has 3 heterocycles. The van der Waals surface area contributed by atoms with Gasteiger partial charge in [0.15, 0.2) is 0 Å². The number of hydrogen-bond donors (Lipinski definition) is 4. The van der Waals surface area contributed by atoms with E-state index in [1.165, 1.54) is 0 Å². The molecule has 3 atom stereocenters. The van der Waals surface area contributed by atoms with Crippen molar-refractivity contribution in [1.82, 2.24) is 31.2 Å². The van der Waals surface area contributed by atoms with Gasteiger partial charge >= 0.3 is 0 Å². The minimum Gasteiger partial charge on any atom is -0.354 e. The van der Waals surface area contributed by atoms with Gasteiger partial charge in [-0.05, 0) is 74.0 Å². The monoisotopic (exact) mass is 626 g/mol. The Morgan fingerprint density at radius 3 is 2.22 bits per heavy atom. The van der Waals surface area contributed by atoms with Crippen LogP contribution in [-0.4, -0.2) is 64.7 Å². The molecule has 10 heteroatoms. The lowest BCUT2D eigenvalue weighted by Gasteiger charge is -2.25. The van der Waals surface area contributed by atoms with Gasteiger partial charge in [0.05, 0.1) is 5.69 Å². The number of carbonyl (C=O) groups is 4. The number of carbonyl (C=O) groups excluding carboxylic acids is 4. The van der Waals surface area contributed by atoms with Gasteiger partial charge in [-0.1, -0.05) is 62.4 Å². The highest BCUT2D eigenvalue weighted by atomic mass is 16.2. The second-order valence-corrected chi connectivity index (χ2v) is 12.4. The maximum atomic E-state index is 13.7. The molecule has 0 spiro atoms. The van der Waals surface area contributed by atoms with E-state index in [1.807, 2.05) is 74.5 Å². The predicted octanol–water partition coefficient (Wildman–Crippen LogP) is 3.37. The Morgan fingerprint density at radius 2 is 1.52 bits per heavy atom. The van der Waals surface area contributed by atoms with E-state index in [0.29, 0.717) is 31.6 Å². The van der Waals surface area contributed by atoms with Crippen LogP contribution in [-0.2, 0) is 33.9 Å². The molecule has 5 rings (SSSR count). The van der Waals surface area contributed by atoms with Gasteiger partial charge in [0.1, 0.15) is 18.1 Å². The molecule has 2 aromatic carbocycles. The fraction of sp³-hybridized carbons (Fsp3) is 0.417. The van der Waals surface area contributed by atoms with Gasteiger partial charge in [0.25, 0.3) is 5.91 Å². The van der Waals surface area contributed by atoms with Gasteiger partial charge in [0.2, 0.25) is 17.7 Å². The Kier molecular flexibility index (Phi) is 12.8. The minimum absolute atomic E-state index is 0.0903. The lowest BCUT2D eigenvalue weighted by molar-refractivity contribution is -0.132. The van der Waals surface area contributed by atoms with Crippen molar-refractivity contribution in [3.8, 4) is 0 Å². The van der Waals surface area contributed by atoms with Gasteiger partial charge in [0, 0.05) is 37.8 Å². The number of rotatable bonds is 6. The van der Waals surface area contributed by atoms with Gasteiger partial charge in [-0.25, -0.2) is 0 Å². The average Bonchev–Trinajstić information content (AvgIpc) is 3.04. The number of hydrogen-bond acceptors (Lipinski definition) is 6. The van der Waals surface area contributed by atoms with Crippen LogP contribution in [0, 0.1) is 5.92 Å². The lowest BCUT2D eigenvalue weighted by atomic mass is 10.0. The number of benzene rings is 2. The van der Waals surface area contributed by atoms with E-state index in [-0.39, 0.29) is 24.2 Å². The fourth-order valence-electron chi connectivity index (χ4n) is 5.43. The highest BCUT2D eigenvalue weighted by Crippen LogP contribution is 2.14. The molecule has 10 nitrogen and oxygen atoms in total. The van der Waals surface area contributed by atoms with Crippen LogP contribution in [0.1, 0.15) is 67.2 Å². The third-order valence-corrected chi connectivity index (χ3v) is 7.93. The molecule has 244 valence electrons. The van der Waals surface area contributed by atoms with Crippen LogP contribution in [0.5, 0.6) is 0 Å². The first-order valence-corrected chi connectivity index (χ1v) is 16.1. The van der Waals surface area contributed by atoms with Crippen molar-refractivity contribution in [2.24, 2.45) is 5.92 Å². The van der Waals surface area contributed by atoms with Crippen molar-refractivity contribution in [3.63, 3.8) is 0 Å². The van der Waals surface area contributed by atoms with Crippen LogP contribution < -0.4 is 21.3 Å². The van der Waals surface area contributed by atoms with E-state index < -0.39 is 29.9 Å². The number of nitrogens with one attached hydrogen (secondary N) is 4. The van der Waals surface area contributed by atoms with Crippen LogP contribution in [0.3, 0.4) is 0 Å². The molecule has 0 saturated carbocycles. The van der Waals surface area contributed by atoms with Crippen molar-refractivity contribution in [2.75, 3.05) is 13.1 Å². The molecule has 0 radical (unpaired) electrons. The normalized spacial score (nSPS) is 21.1. The molecule has 0 unspecified atom stereocenters. The fourth-order valence-corrected chi connectivity index (χ4v) is 5.43. The molecule has 1 aromatic heterocycles. The summed E-state index contributed by atoms with van der Waals surface area (Å²) >= 11 is 0. The van der Waals surface area contributed by atoms with E-state index in [2.05, 4.69) is 31.2 Å². The van der Waals surface area contributed by atoms with Gasteiger partial charge in [-0.2, -0.15) is 0 Å². The lowest BCUT2D eigenvalue weighted by Crippen LogP contribution is -2.57. The van der Waals surface area contributed by atoms with E-state index in [4.69, 9.17) is 0 Å². The van der Waals surface area contributed by atoms with Crippen molar-refractivity contribution in [1.29, 1.82) is 0 Å². The number of fused-ring (bicyclic) bond motifs is 18. The molecule has 2 aliphatic rings. The maximum Gasteiger partial charge on any atom is 0.251 e. The zero-order chi connectivity index (χ0) is 32.9. The molecule has 46 heavy (non-hydrogen) atoms. The van der Waals surface area contributed by atoms with Crippen molar-refractivity contribution < 1.29 is 19.2 Å². The molecule has 4 N–H and O–H groups in total. The number of pyridine rings is 1. The summed E-state index contributed by atoms with van der Waals surface area (Å²) < 4.78 is 0. The minimum atomic E-state index is -0.930. The quantitative estimate of drug-likeness (QED) is 0.310. The molecule has 0 aliphatic carbocycles. The van der Waals surface area contributed by atoms with E-state index in [0.717, 1.165) is 36.2 Å². The van der Waals surface area contributed by atoms with Crippen molar-refractivity contribution in [3.05, 3.63) is 101 Å². The Hall–Kier alpha value is -4.57. The molecule has 4 amide bonds. The van der Waals surface area contributed by atoms with E-state index >= 15 is 0 Å². The zero-order valence-corrected chi connectivity index (χ0v) is 27.0. The molecule has 2 aliphatic heterocycles. The summed E-state index contributed by atoms with van der Waals surface area (Å²) in [5.41, 5.74) is 3.30. The molecular weight excluding hydrogens is 580 g/mol. The number of nitrogens with zero attached hydrogens (tertiary/aromatic N) is 2. The summed E-state index contributed by atoms with van der Waals surface area (Å²) in [5.74, 6) is -1.49. The summed E-state index contributed by atoms with van der Waals surface area (Å²) in [5, 5.41) is 11.5. The highest BCUT2D eigenvalue weighted by Gasteiger charge is 2.29. The standard InChI is InChI=1S/C36H46N6O4/c1-25(2)21-31-35(45)39-26(3)33(43)38-19-9-10-20-42(24-30-13-7-8-18-37-30)23-28-14-16-29(17-15-28)34(44)40-32(36(46)41-31)22-27-11-5-4-6-12-27/h4-8,11-18,25-26,31-32H,9-10,19-24H2,1-3H3,(H,38,43)(H,39,45)(H,40,44)(H,41,46)/t26-,31+,32-/m1/s1. The van der Waals surface area contributed by atoms with Gasteiger partial charge in [-0.3, -0.25) is 29.1 Å². The van der Waals surface area contributed by atoms with E-state index in [1.54, 1.807) is 25.3 Å². The first kappa shape index (κ1) is 34.3. The topological polar surface area (TPSA) is 133 Å². The number of amides is 4. The summed E-state index contributed by atoms with van der Waals surface area (Å²) in [4.78, 5) is 60.2. The average molecular weight is 627 g/mol.